The van der Waals surface area contributed by atoms with Crippen LogP contribution in [0.5, 0.6) is 5.75 Å². The Morgan fingerprint density at radius 3 is 2.31 bits per heavy atom. The SMILES string of the molecule is COc1ccc(N(C=O)C(C(=O)NC(C)(C)CO)c2ccccc2)cc1. The minimum Gasteiger partial charge on any atom is -0.497 e. The summed E-state index contributed by atoms with van der Waals surface area (Å²) in [6.07, 6.45) is 0.630. The fraction of sp³-hybridized carbons (Fsp3) is 0.300. The van der Waals surface area contributed by atoms with Crippen LogP contribution in [-0.2, 0) is 9.59 Å². The third-order valence-electron chi connectivity index (χ3n) is 3.98. The average Bonchev–Trinajstić information content (AvgIpc) is 2.66. The van der Waals surface area contributed by atoms with Gasteiger partial charge in [-0.15, -0.1) is 0 Å². The summed E-state index contributed by atoms with van der Waals surface area (Å²) < 4.78 is 5.14. The first kappa shape index (κ1) is 19.5. The van der Waals surface area contributed by atoms with Crippen LogP contribution in [0.15, 0.2) is 54.6 Å². The molecule has 6 heteroatoms. The van der Waals surface area contributed by atoms with Crippen LogP contribution in [0.1, 0.15) is 25.5 Å². The van der Waals surface area contributed by atoms with Crippen molar-refractivity contribution in [2.45, 2.75) is 25.4 Å². The first-order chi connectivity index (χ1) is 12.4. The van der Waals surface area contributed by atoms with Crippen LogP contribution in [0.3, 0.4) is 0 Å². The zero-order valence-electron chi connectivity index (χ0n) is 15.2. The highest BCUT2D eigenvalue weighted by Gasteiger charge is 2.31. The van der Waals surface area contributed by atoms with Crippen LogP contribution in [0.4, 0.5) is 5.69 Å². The molecule has 2 aromatic carbocycles. The van der Waals surface area contributed by atoms with E-state index in [1.165, 1.54) is 4.90 Å². The zero-order chi connectivity index (χ0) is 19.2. The molecule has 0 bridgehead atoms. The van der Waals surface area contributed by atoms with Crippen LogP contribution >= 0.6 is 0 Å². The fourth-order valence-corrected chi connectivity index (χ4v) is 2.54. The van der Waals surface area contributed by atoms with E-state index in [0.717, 1.165) is 0 Å². The van der Waals surface area contributed by atoms with Crippen LogP contribution in [0.2, 0.25) is 0 Å². The van der Waals surface area contributed by atoms with Crippen molar-refractivity contribution in [2.75, 3.05) is 18.6 Å². The third kappa shape index (κ3) is 4.61. The van der Waals surface area contributed by atoms with E-state index in [-0.39, 0.29) is 12.5 Å². The molecule has 26 heavy (non-hydrogen) atoms. The number of rotatable bonds is 8. The lowest BCUT2D eigenvalue weighted by molar-refractivity contribution is -0.126. The molecule has 1 unspecified atom stereocenters. The Hall–Kier alpha value is -2.86. The first-order valence-electron chi connectivity index (χ1n) is 8.27. The molecule has 138 valence electrons. The summed E-state index contributed by atoms with van der Waals surface area (Å²) in [4.78, 5) is 26.2. The molecule has 0 saturated carbocycles. The van der Waals surface area contributed by atoms with Gasteiger partial charge < -0.3 is 15.2 Å². The van der Waals surface area contributed by atoms with Gasteiger partial charge in [0.25, 0.3) is 0 Å². The predicted molar refractivity (Wildman–Crippen MR) is 100 cm³/mol. The minimum atomic E-state index is -0.868. The first-order valence-corrected chi connectivity index (χ1v) is 8.27. The van der Waals surface area contributed by atoms with Crippen molar-refractivity contribution in [1.29, 1.82) is 0 Å². The molecule has 0 fully saturated rings. The number of ether oxygens (including phenoxy) is 1. The van der Waals surface area contributed by atoms with E-state index >= 15 is 0 Å². The van der Waals surface area contributed by atoms with Gasteiger partial charge in [0.1, 0.15) is 11.8 Å². The standard InChI is InChI=1S/C20H24N2O4/c1-20(2,13-23)21-19(25)18(15-7-5-4-6-8-15)22(14-24)16-9-11-17(26-3)12-10-16/h4-12,14,18,23H,13H2,1-3H3,(H,21,25). The molecular weight excluding hydrogens is 332 g/mol. The highest BCUT2D eigenvalue weighted by molar-refractivity contribution is 5.93. The smallest absolute Gasteiger partial charge is 0.248 e. The quantitative estimate of drug-likeness (QED) is 0.712. The van der Waals surface area contributed by atoms with Gasteiger partial charge in [0.2, 0.25) is 12.3 Å². The lowest BCUT2D eigenvalue weighted by Gasteiger charge is -2.32. The fourth-order valence-electron chi connectivity index (χ4n) is 2.54. The number of carbonyl (C=O) groups is 2. The van der Waals surface area contributed by atoms with Gasteiger partial charge in [-0.25, -0.2) is 0 Å². The van der Waals surface area contributed by atoms with Crippen LogP contribution in [-0.4, -0.2) is 36.7 Å². The molecule has 2 amide bonds. The van der Waals surface area contributed by atoms with Crippen molar-refractivity contribution in [3.63, 3.8) is 0 Å². The number of aliphatic hydroxyl groups excluding tert-OH is 1. The Morgan fingerprint density at radius 1 is 1.19 bits per heavy atom. The molecule has 0 saturated heterocycles. The molecule has 2 aromatic rings. The molecule has 0 radical (unpaired) electrons. The molecule has 1 atom stereocenters. The van der Waals surface area contributed by atoms with E-state index in [0.29, 0.717) is 23.4 Å². The number of hydrogen-bond acceptors (Lipinski definition) is 4. The maximum atomic E-state index is 13.0. The second-order valence-electron chi connectivity index (χ2n) is 6.56. The molecule has 0 aromatic heterocycles. The molecule has 0 aliphatic carbocycles. The maximum Gasteiger partial charge on any atom is 0.248 e. The van der Waals surface area contributed by atoms with Crippen LogP contribution in [0, 0.1) is 0 Å². The molecule has 6 nitrogen and oxygen atoms in total. The topological polar surface area (TPSA) is 78.9 Å². The number of anilines is 1. The molecule has 2 N–H and O–H groups in total. The zero-order valence-corrected chi connectivity index (χ0v) is 15.2. The summed E-state index contributed by atoms with van der Waals surface area (Å²) in [7, 11) is 1.56. The number of nitrogens with zero attached hydrogens (tertiary/aromatic N) is 1. The summed E-state index contributed by atoms with van der Waals surface area (Å²) in [5, 5.41) is 12.3. The summed E-state index contributed by atoms with van der Waals surface area (Å²) in [5.41, 5.74) is 0.423. The Balaban J connectivity index is 2.43. The van der Waals surface area contributed by atoms with Crippen molar-refractivity contribution >= 4 is 18.0 Å². The predicted octanol–water partition coefficient (Wildman–Crippen LogP) is 2.29. The van der Waals surface area contributed by atoms with E-state index in [4.69, 9.17) is 4.74 Å². The number of amides is 2. The molecule has 0 heterocycles. The molecule has 0 spiro atoms. The lowest BCUT2D eigenvalue weighted by Crippen LogP contribution is -2.51. The van der Waals surface area contributed by atoms with Gasteiger partial charge in [-0.3, -0.25) is 14.5 Å². The van der Waals surface area contributed by atoms with Gasteiger partial charge in [0.05, 0.1) is 19.3 Å². The van der Waals surface area contributed by atoms with Gasteiger partial charge in [-0.05, 0) is 43.7 Å². The van der Waals surface area contributed by atoms with E-state index in [1.54, 1.807) is 57.4 Å². The van der Waals surface area contributed by atoms with Crippen molar-refractivity contribution < 1.29 is 19.4 Å². The van der Waals surface area contributed by atoms with Crippen molar-refractivity contribution in [3.8, 4) is 5.75 Å². The van der Waals surface area contributed by atoms with Crippen molar-refractivity contribution in [2.24, 2.45) is 0 Å². The summed E-state index contributed by atoms with van der Waals surface area (Å²) in [6, 6.07) is 15.1. The van der Waals surface area contributed by atoms with Gasteiger partial charge >= 0.3 is 0 Å². The summed E-state index contributed by atoms with van der Waals surface area (Å²) >= 11 is 0. The number of benzene rings is 2. The van der Waals surface area contributed by atoms with E-state index < -0.39 is 11.6 Å². The minimum absolute atomic E-state index is 0.218. The number of aliphatic hydroxyl groups is 1. The Morgan fingerprint density at radius 2 is 1.81 bits per heavy atom. The highest BCUT2D eigenvalue weighted by atomic mass is 16.5. The van der Waals surface area contributed by atoms with Crippen molar-refractivity contribution in [3.05, 3.63) is 60.2 Å². The van der Waals surface area contributed by atoms with Gasteiger partial charge in [-0.2, -0.15) is 0 Å². The maximum absolute atomic E-state index is 13.0. The molecular formula is C20H24N2O4. The van der Waals surface area contributed by atoms with E-state index in [1.807, 2.05) is 18.2 Å². The Kier molecular flexibility index (Phi) is 6.36. The number of nitrogens with one attached hydrogen (secondary N) is 1. The third-order valence-corrected chi connectivity index (χ3v) is 3.98. The lowest BCUT2D eigenvalue weighted by atomic mass is 10.0. The summed E-state index contributed by atoms with van der Waals surface area (Å²) in [5.74, 6) is 0.278. The second kappa shape index (κ2) is 8.49. The Labute approximate surface area is 153 Å². The molecule has 0 aliphatic heterocycles. The van der Waals surface area contributed by atoms with Crippen LogP contribution in [0.25, 0.3) is 0 Å². The van der Waals surface area contributed by atoms with E-state index in [9.17, 15) is 14.7 Å². The monoisotopic (exact) mass is 356 g/mol. The van der Waals surface area contributed by atoms with Crippen molar-refractivity contribution in [1.82, 2.24) is 5.32 Å². The second-order valence-corrected chi connectivity index (χ2v) is 6.56. The number of carbonyl (C=O) groups excluding carboxylic acids is 2. The molecule has 0 aliphatic rings. The van der Waals surface area contributed by atoms with E-state index in [2.05, 4.69) is 5.32 Å². The largest absolute Gasteiger partial charge is 0.497 e. The van der Waals surface area contributed by atoms with Crippen LogP contribution < -0.4 is 15.0 Å². The summed E-state index contributed by atoms with van der Waals surface area (Å²) in [6.45, 7) is 3.21. The number of hydrogen-bond donors (Lipinski definition) is 2. The van der Waals surface area contributed by atoms with Gasteiger partial charge in [0.15, 0.2) is 0 Å². The Bertz CT molecular complexity index is 729. The van der Waals surface area contributed by atoms with Gasteiger partial charge in [-0.1, -0.05) is 30.3 Å². The average molecular weight is 356 g/mol. The van der Waals surface area contributed by atoms with Gasteiger partial charge in [0, 0.05) is 5.69 Å². The number of methoxy groups -OCH3 is 1. The highest BCUT2D eigenvalue weighted by Crippen LogP contribution is 2.28. The molecule has 2 rings (SSSR count). The normalized spacial score (nSPS) is 12.2.